The van der Waals surface area contributed by atoms with Crippen molar-refractivity contribution in [3.05, 3.63) is 23.2 Å². The van der Waals surface area contributed by atoms with Gasteiger partial charge < -0.3 is 14.4 Å². The molecule has 0 aromatic carbocycles. The maximum Gasteiger partial charge on any atom is 0.257 e. The van der Waals surface area contributed by atoms with Crippen LogP contribution in [0.15, 0.2) is 10.5 Å². The summed E-state index contributed by atoms with van der Waals surface area (Å²) in [5.41, 5.74) is 0.649. The van der Waals surface area contributed by atoms with Crippen LogP contribution < -0.4 is 0 Å². The predicted molar refractivity (Wildman–Crippen MR) is 59.3 cm³/mol. The molecule has 2 rings (SSSR count). The molecule has 0 spiro atoms. The molecule has 1 amide bonds. The topological polar surface area (TPSA) is 53.7 Å². The molecule has 0 saturated carbocycles. The number of carbonyl (C=O) groups is 1. The predicted octanol–water partition coefficient (Wildman–Crippen LogP) is 1.35. The zero-order valence-corrected chi connectivity index (χ0v) is 9.69. The van der Waals surface area contributed by atoms with E-state index in [1.54, 1.807) is 17.9 Å². The van der Waals surface area contributed by atoms with Crippen molar-refractivity contribution in [2.45, 2.75) is 20.3 Å². The fourth-order valence-electron chi connectivity index (χ4n) is 2.18. The van der Waals surface area contributed by atoms with Crippen molar-refractivity contribution in [3.8, 4) is 0 Å². The number of rotatable bonds is 2. The van der Waals surface area contributed by atoms with Crippen molar-refractivity contribution in [1.29, 1.82) is 0 Å². The minimum Gasteiger partial charge on any atom is -0.466 e. The lowest BCUT2D eigenvalue weighted by molar-refractivity contribution is 0.0780. The number of likely N-dealkylation sites (tertiary alicyclic amines) is 1. The Hall–Kier alpha value is -1.29. The van der Waals surface area contributed by atoms with Gasteiger partial charge in [-0.3, -0.25) is 4.79 Å². The van der Waals surface area contributed by atoms with E-state index < -0.39 is 0 Å². The minimum absolute atomic E-state index is 0.0188. The molecule has 1 unspecified atom stereocenters. The summed E-state index contributed by atoms with van der Waals surface area (Å²) in [6.07, 6.45) is 0.887. The first kappa shape index (κ1) is 11.2. The van der Waals surface area contributed by atoms with Gasteiger partial charge in [0.1, 0.15) is 11.5 Å². The number of aliphatic hydroxyl groups excluding tert-OH is 1. The summed E-state index contributed by atoms with van der Waals surface area (Å²) in [6.45, 7) is 5.18. The van der Waals surface area contributed by atoms with Gasteiger partial charge in [-0.2, -0.15) is 0 Å². The summed E-state index contributed by atoms with van der Waals surface area (Å²) in [6, 6.07) is 1.78. The molecule has 2 heterocycles. The quantitative estimate of drug-likeness (QED) is 0.823. The average Bonchev–Trinajstić information content (AvgIpc) is 2.84. The standard InChI is InChI=1S/C12H17NO3/c1-8-5-11(9(2)16-8)12(15)13-4-3-10(6-13)7-14/h5,10,14H,3-4,6-7H2,1-2H3. The summed E-state index contributed by atoms with van der Waals surface area (Å²) in [7, 11) is 0. The van der Waals surface area contributed by atoms with Crippen molar-refractivity contribution in [2.75, 3.05) is 19.7 Å². The van der Waals surface area contributed by atoms with Crippen LogP contribution >= 0.6 is 0 Å². The number of hydrogen-bond donors (Lipinski definition) is 1. The molecule has 88 valence electrons. The van der Waals surface area contributed by atoms with Gasteiger partial charge in [-0.15, -0.1) is 0 Å². The van der Waals surface area contributed by atoms with Crippen LogP contribution in [0, 0.1) is 19.8 Å². The zero-order valence-electron chi connectivity index (χ0n) is 9.69. The highest BCUT2D eigenvalue weighted by Gasteiger charge is 2.28. The third kappa shape index (κ3) is 1.97. The molecule has 4 nitrogen and oxygen atoms in total. The monoisotopic (exact) mass is 223 g/mol. The lowest BCUT2D eigenvalue weighted by atomic mass is 10.1. The maximum atomic E-state index is 12.1. The molecule has 1 aliphatic rings. The Morgan fingerprint density at radius 1 is 1.62 bits per heavy atom. The summed E-state index contributed by atoms with van der Waals surface area (Å²) >= 11 is 0. The van der Waals surface area contributed by atoms with Crippen molar-refractivity contribution in [2.24, 2.45) is 5.92 Å². The number of aryl methyl sites for hydroxylation is 2. The van der Waals surface area contributed by atoms with E-state index >= 15 is 0 Å². The van der Waals surface area contributed by atoms with Crippen molar-refractivity contribution in [1.82, 2.24) is 4.90 Å². The fraction of sp³-hybridized carbons (Fsp3) is 0.583. The van der Waals surface area contributed by atoms with Crippen LogP contribution in [0.4, 0.5) is 0 Å². The molecule has 0 radical (unpaired) electrons. The molecule has 1 fully saturated rings. The van der Waals surface area contributed by atoms with Crippen molar-refractivity contribution < 1.29 is 14.3 Å². The Balaban J connectivity index is 2.11. The number of amides is 1. The third-order valence-electron chi connectivity index (χ3n) is 3.10. The smallest absolute Gasteiger partial charge is 0.257 e. The van der Waals surface area contributed by atoms with Crippen molar-refractivity contribution in [3.63, 3.8) is 0 Å². The summed E-state index contributed by atoms with van der Waals surface area (Å²) in [5, 5.41) is 9.04. The SMILES string of the molecule is Cc1cc(C(=O)N2CCC(CO)C2)c(C)o1. The molecule has 4 heteroatoms. The van der Waals surface area contributed by atoms with E-state index in [0.29, 0.717) is 17.9 Å². The lowest BCUT2D eigenvalue weighted by Crippen LogP contribution is -2.29. The van der Waals surface area contributed by atoms with E-state index in [4.69, 9.17) is 9.52 Å². The van der Waals surface area contributed by atoms with Gasteiger partial charge in [0.25, 0.3) is 5.91 Å². The van der Waals surface area contributed by atoms with Gasteiger partial charge >= 0.3 is 0 Å². The van der Waals surface area contributed by atoms with E-state index in [0.717, 1.165) is 18.7 Å². The molecular weight excluding hydrogens is 206 g/mol. The Kier molecular flexibility index (Phi) is 3.01. The minimum atomic E-state index is 0.0188. The van der Waals surface area contributed by atoms with Gasteiger partial charge in [0.2, 0.25) is 0 Å². The third-order valence-corrected chi connectivity index (χ3v) is 3.10. The Labute approximate surface area is 94.9 Å². The summed E-state index contributed by atoms with van der Waals surface area (Å²) < 4.78 is 5.35. The number of nitrogens with zero attached hydrogens (tertiary/aromatic N) is 1. The molecule has 1 atom stereocenters. The van der Waals surface area contributed by atoms with Gasteiger partial charge in [-0.05, 0) is 26.3 Å². The maximum absolute atomic E-state index is 12.1. The zero-order chi connectivity index (χ0) is 11.7. The van der Waals surface area contributed by atoms with E-state index in [-0.39, 0.29) is 18.4 Å². The van der Waals surface area contributed by atoms with Crippen LogP contribution in [-0.4, -0.2) is 35.6 Å². The van der Waals surface area contributed by atoms with Gasteiger partial charge in [-0.25, -0.2) is 0 Å². The average molecular weight is 223 g/mol. The van der Waals surface area contributed by atoms with E-state index in [1.165, 1.54) is 0 Å². The number of hydrogen-bond acceptors (Lipinski definition) is 3. The Morgan fingerprint density at radius 3 is 2.88 bits per heavy atom. The second-order valence-electron chi connectivity index (χ2n) is 4.42. The van der Waals surface area contributed by atoms with Gasteiger partial charge in [0.15, 0.2) is 0 Å². The normalized spacial score (nSPS) is 20.4. The van der Waals surface area contributed by atoms with Crippen LogP contribution in [-0.2, 0) is 0 Å². The second kappa shape index (κ2) is 4.29. The van der Waals surface area contributed by atoms with E-state index in [2.05, 4.69) is 0 Å². The van der Waals surface area contributed by atoms with Crippen LogP contribution in [0.5, 0.6) is 0 Å². The van der Waals surface area contributed by atoms with Crippen LogP contribution in [0.25, 0.3) is 0 Å². The van der Waals surface area contributed by atoms with Crippen LogP contribution in [0.3, 0.4) is 0 Å². The highest BCUT2D eigenvalue weighted by atomic mass is 16.3. The molecule has 1 aromatic rings. The number of carbonyl (C=O) groups excluding carboxylic acids is 1. The van der Waals surface area contributed by atoms with Gasteiger partial charge in [0, 0.05) is 25.6 Å². The largest absolute Gasteiger partial charge is 0.466 e. The molecule has 16 heavy (non-hydrogen) atoms. The van der Waals surface area contributed by atoms with Gasteiger partial charge in [-0.1, -0.05) is 0 Å². The number of furan rings is 1. The Morgan fingerprint density at radius 2 is 2.38 bits per heavy atom. The molecule has 1 N–H and O–H groups in total. The second-order valence-corrected chi connectivity index (χ2v) is 4.42. The molecular formula is C12H17NO3. The molecule has 1 aromatic heterocycles. The van der Waals surface area contributed by atoms with Crippen LogP contribution in [0.2, 0.25) is 0 Å². The number of aliphatic hydroxyl groups is 1. The van der Waals surface area contributed by atoms with Crippen LogP contribution in [0.1, 0.15) is 28.3 Å². The first-order valence-electron chi connectivity index (χ1n) is 5.59. The first-order valence-corrected chi connectivity index (χ1v) is 5.59. The first-order chi connectivity index (χ1) is 7.61. The molecule has 1 saturated heterocycles. The fourth-order valence-corrected chi connectivity index (χ4v) is 2.18. The molecule has 0 bridgehead atoms. The molecule has 1 aliphatic heterocycles. The summed E-state index contributed by atoms with van der Waals surface area (Å²) in [4.78, 5) is 13.9. The highest BCUT2D eigenvalue weighted by Crippen LogP contribution is 2.21. The van der Waals surface area contributed by atoms with E-state index in [9.17, 15) is 4.79 Å². The molecule has 0 aliphatic carbocycles. The van der Waals surface area contributed by atoms with Gasteiger partial charge in [0.05, 0.1) is 5.56 Å². The lowest BCUT2D eigenvalue weighted by Gasteiger charge is -2.15. The van der Waals surface area contributed by atoms with E-state index in [1.807, 2.05) is 6.92 Å². The van der Waals surface area contributed by atoms with Crippen molar-refractivity contribution >= 4 is 5.91 Å². The summed E-state index contributed by atoms with van der Waals surface area (Å²) in [5.74, 6) is 1.69. The Bertz CT molecular complexity index is 397. The highest BCUT2D eigenvalue weighted by molar-refractivity contribution is 5.95.